The van der Waals surface area contributed by atoms with E-state index < -0.39 is 10.3 Å². The third-order valence-corrected chi connectivity index (χ3v) is 4.12. The van der Waals surface area contributed by atoms with Crippen molar-refractivity contribution in [1.82, 2.24) is 4.57 Å². The first-order valence-electron chi connectivity index (χ1n) is 7.05. The average Bonchev–Trinajstić information content (AvgIpc) is 2.84. The van der Waals surface area contributed by atoms with Gasteiger partial charge in [0.05, 0.1) is 11.2 Å². The maximum atomic E-state index is 11.0. The van der Waals surface area contributed by atoms with E-state index in [0.29, 0.717) is 12.2 Å². The van der Waals surface area contributed by atoms with Gasteiger partial charge in [-0.2, -0.15) is 8.42 Å². The maximum Gasteiger partial charge on any atom is 0.357 e. The fourth-order valence-corrected chi connectivity index (χ4v) is 3.10. The summed E-state index contributed by atoms with van der Waals surface area (Å²) in [5, 5.41) is 10.4. The molecule has 6 nitrogen and oxygen atoms in total. The van der Waals surface area contributed by atoms with Gasteiger partial charge in [-0.1, -0.05) is 6.07 Å². The lowest BCUT2D eigenvalue weighted by molar-refractivity contribution is 0.475. The number of nitrogens with zero attached hydrogens (tertiary/aromatic N) is 1. The van der Waals surface area contributed by atoms with Crippen LogP contribution < -0.4 is 4.72 Å². The largest absolute Gasteiger partial charge is 0.508 e. The highest BCUT2D eigenvalue weighted by molar-refractivity contribution is 7.87. The minimum Gasteiger partial charge on any atom is -0.508 e. The lowest BCUT2D eigenvalue weighted by atomic mass is 10.1. The summed E-state index contributed by atoms with van der Waals surface area (Å²) in [6.45, 7) is 2.68. The highest BCUT2D eigenvalue weighted by Gasteiger charge is 2.12. The van der Waals surface area contributed by atoms with Crippen molar-refractivity contribution in [3.05, 3.63) is 48.5 Å². The quantitative estimate of drug-likeness (QED) is 0.640. The molecule has 0 atom stereocenters. The molecule has 7 heteroatoms. The Morgan fingerprint density at radius 3 is 2.39 bits per heavy atom. The average molecular weight is 332 g/mol. The number of phenols is 1. The van der Waals surface area contributed by atoms with E-state index in [1.807, 2.05) is 29.7 Å². The van der Waals surface area contributed by atoms with Crippen molar-refractivity contribution in [3.63, 3.8) is 0 Å². The van der Waals surface area contributed by atoms with Crippen LogP contribution in [-0.2, 0) is 16.8 Å². The molecule has 0 amide bonds. The molecule has 0 saturated heterocycles. The van der Waals surface area contributed by atoms with Crippen molar-refractivity contribution in [2.45, 2.75) is 13.5 Å². The molecular formula is C16H16N2O4S. The highest BCUT2D eigenvalue weighted by atomic mass is 32.2. The van der Waals surface area contributed by atoms with Crippen molar-refractivity contribution in [1.29, 1.82) is 0 Å². The number of fused-ring (bicyclic) bond motifs is 1. The van der Waals surface area contributed by atoms with E-state index >= 15 is 0 Å². The molecule has 0 bridgehead atoms. The Labute approximate surface area is 133 Å². The zero-order valence-corrected chi connectivity index (χ0v) is 13.2. The SMILES string of the molecule is CCn1c(-c2ccc(O)cc2)cc2ccc(NS(=O)(=O)O)cc21. The van der Waals surface area contributed by atoms with Gasteiger partial charge in [-0.25, -0.2) is 0 Å². The summed E-state index contributed by atoms with van der Waals surface area (Å²) in [7, 11) is -4.30. The van der Waals surface area contributed by atoms with Gasteiger partial charge in [0.1, 0.15) is 5.75 Å². The first-order chi connectivity index (χ1) is 10.9. The number of benzene rings is 2. The molecule has 0 spiro atoms. The molecule has 1 aromatic heterocycles. The van der Waals surface area contributed by atoms with Gasteiger partial charge >= 0.3 is 10.3 Å². The molecule has 120 valence electrons. The Balaban J connectivity index is 2.15. The van der Waals surface area contributed by atoms with Crippen LogP contribution in [0.4, 0.5) is 5.69 Å². The Morgan fingerprint density at radius 2 is 1.78 bits per heavy atom. The predicted octanol–water partition coefficient (Wildman–Crippen LogP) is 3.25. The van der Waals surface area contributed by atoms with Crippen LogP contribution in [0, 0.1) is 0 Å². The van der Waals surface area contributed by atoms with Crippen molar-refractivity contribution < 1.29 is 18.1 Å². The number of aromatic nitrogens is 1. The fraction of sp³-hybridized carbons (Fsp3) is 0.125. The molecule has 0 fully saturated rings. The first-order valence-corrected chi connectivity index (χ1v) is 8.49. The zero-order chi connectivity index (χ0) is 16.6. The topological polar surface area (TPSA) is 91.6 Å². The van der Waals surface area contributed by atoms with Crippen LogP contribution >= 0.6 is 0 Å². The normalized spacial score (nSPS) is 11.7. The van der Waals surface area contributed by atoms with Crippen molar-refractivity contribution in [3.8, 4) is 17.0 Å². The number of anilines is 1. The molecule has 3 rings (SSSR count). The van der Waals surface area contributed by atoms with E-state index in [-0.39, 0.29) is 5.75 Å². The van der Waals surface area contributed by atoms with Gasteiger partial charge in [-0.3, -0.25) is 9.27 Å². The standard InChI is InChI=1S/C16H16N2O4S/c1-2-18-15(11-4-7-14(19)8-5-11)9-12-3-6-13(10-16(12)18)17-23(20,21)22/h3-10,17,19H,2H2,1H3,(H,20,21,22). The molecule has 2 aromatic carbocycles. The van der Waals surface area contributed by atoms with Crippen LogP contribution in [0.2, 0.25) is 0 Å². The number of nitrogens with one attached hydrogen (secondary N) is 1. The summed E-state index contributed by atoms with van der Waals surface area (Å²) >= 11 is 0. The van der Waals surface area contributed by atoms with E-state index in [4.69, 9.17) is 4.55 Å². The lowest BCUT2D eigenvalue weighted by Crippen LogP contribution is -2.10. The molecule has 0 radical (unpaired) electrons. The number of aromatic hydroxyl groups is 1. The van der Waals surface area contributed by atoms with E-state index in [0.717, 1.165) is 22.2 Å². The minimum absolute atomic E-state index is 0.201. The number of hydrogen-bond acceptors (Lipinski definition) is 3. The number of hydrogen-bond donors (Lipinski definition) is 3. The van der Waals surface area contributed by atoms with Gasteiger partial charge in [-0.15, -0.1) is 0 Å². The van der Waals surface area contributed by atoms with Crippen molar-refractivity contribution in [2.24, 2.45) is 0 Å². The van der Waals surface area contributed by atoms with E-state index in [9.17, 15) is 13.5 Å². The Kier molecular flexibility index (Phi) is 3.75. The number of rotatable bonds is 4. The van der Waals surface area contributed by atoms with Crippen molar-refractivity contribution >= 4 is 26.9 Å². The molecule has 3 aromatic rings. The van der Waals surface area contributed by atoms with Crippen LogP contribution in [0.1, 0.15) is 6.92 Å². The number of aryl methyl sites for hydroxylation is 1. The minimum atomic E-state index is -4.30. The Hall–Kier alpha value is -2.51. The second-order valence-electron chi connectivity index (χ2n) is 5.17. The van der Waals surface area contributed by atoms with Gasteiger partial charge in [0.25, 0.3) is 0 Å². The second kappa shape index (κ2) is 5.60. The van der Waals surface area contributed by atoms with E-state index in [2.05, 4.69) is 4.72 Å². The Morgan fingerprint density at radius 1 is 1.09 bits per heavy atom. The van der Waals surface area contributed by atoms with Crippen LogP contribution in [0.3, 0.4) is 0 Å². The van der Waals surface area contributed by atoms with Gasteiger partial charge < -0.3 is 9.67 Å². The summed E-state index contributed by atoms with van der Waals surface area (Å²) in [5.41, 5.74) is 3.06. The fourth-order valence-electron chi connectivity index (χ4n) is 2.68. The lowest BCUT2D eigenvalue weighted by Gasteiger charge is -2.09. The number of phenolic OH excluding ortho intramolecular Hbond substituents is 1. The smallest absolute Gasteiger partial charge is 0.357 e. The molecule has 0 unspecified atom stereocenters. The summed E-state index contributed by atoms with van der Waals surface area (Å²) in [5.74, 6) is 0.201. The van der Waals surface area contributed by atoms with E-state index in [1.54, 1.807) is 30.3 Å². The monoisotopic (exact) mass is 332 g/mol. The summed E-state index contributed by atoms with van der Waals surface area (Å²) in [6, 6.07) is 14.0. The molecule has 3 N–H and O–H groups in total. The van der Waals surface area contributed by atoms with Crippen LogP contribution in [-0.4, -0.2) is 22.6 Å². The second-order valence-corrected chi connectivity index (χ2v) is 6.33. The molecule has 0 saturated carbocycles. The first kappa shape index (κ1) is 15.4. The summed E-state index contributed by atoms with van der Waals surface area (Å²) in [6.07, 6.45) is 0. The zero-order valence-electron chi connectivity index (χ0n) is 12.4. The Bertz CT molecular complexity index is 960. The third-order valence-electron chi connectivity index (χ3n) is 3.63. The summed E-state index contributed by atoms with van der Waals surface area (Å²) < 4.78 is 34.9. The van der Waals surface area contributed by atoms with Gasteiger partial charge in [0, 0.05) is 17.6 Å². The summed E-state index contributed by atoms with van der Waals surface area (Å²) in [4.78, 5) is 0. The molecule has 0 aliphatic heterocycles. The third kappa shape index (κ3) is 3.15. The molecule has 0 aliphatic carbocycles. The van der Waals surface area contributed by atoms with Crippen molar-refractivity contribution in [2.75, 3.05) is 4.72 Å². The molecule has 0 aliphatic rings. The van der Waals surface area contributed by atoms with E-state index in [1.165, 1.54) is 0 Å². The molecule has 23 heavy (non-hydrogen) atoms. The van der Waals surface area contributed by atoms with Crippen LogP contribution in [0.15, 0.2) is 48.5 Å². The van der Waals surface area contributed by atoms with Crippen LogP contribution in [0.5, 0.6) is 5.75 Å². The van der Waals surface area contributed by atoms with Crippen LogP contribution in [0.25, 0.3) is 22.2 Å². The molecular weight excluding hydrogens is 316 g/mol. The van der Waals surface area contributed by atoms with Gasteiger partial charge in [0.15, 0.2) is 0 Å². The molecule has 1 heterocycles. The predicted molar refractivity (Wildman–Crippen MR) is 89.9 cm³/mol. The van der Waals surface area contributed by atoms with Gasteiger partial charge in [0.2, 0.25) is 0 Å². The maximum absolute atomic E-state index is 11.0. The highest BCUT2D eigenvalue weighted by Crippen LogP contribution is 2.31. The van der Waals surface area contributed by atoms with Gasteiger partial charge in [-0.05, 0) is 55.0 Å².